The molecule has 3 rings (SSSR count). The molecule has 0 saturated heterocycles. The summed E-state index contributed by atoms with van der Waals surface area (Å²) >= 11 is 0. The lowest BCUT2D eigenvalue weighted by Gasteiger charge is -2.12. The number of rotatable bonds is 7. The molecule has 0 amide bonds. The Balaban J connectivity index is 1.62. The summed E-state index contributed by atoms with van der Waals surface area (Å²) in [4.78, 5) is 4.77. The van der Waals surface area contributed by atoms with Gasteiger partial charge in [-0.1, -0.05) is 18.2 Å². The van der Waals surface area contributed by atoms with Gasteiger partial charge in [-0.2, -0.15) is 0 Å². The Labute approximate surface area is 152 Å². The smallest absolute Gasteiger partial charge is 0.242 e. The maximum atomic E-state index is 14.0. The fourth-order valence-electron chi connectivity index (χ4n) is 2.86. The molecule has 0 aliphatic rings. The van der Waals surface area contributed by atoms with Crippen molar-refractivity contribution < 1.29 is 12.8 Å². The van der Waals surface area contributed by atoms with Gasteiger partial charge in [-0.05, 0) is 42.7 Å². The fourth-order valence-corrected chi connectivity index (χ4v) is 4.12. The standard InChI is InChI=1S/C19H22FN3O2S/c1-23(2)15-10-8-14(9-11-15)5-4-12-22-26(24,25)18-13-21-17-7-3-6-16(20)19(17)18/h3,6-11,13,21-22H,4-5,12H2,1-2H3. The molecule has 138 valence electrons. The summed E-state index contributed by atoms with van der Waals surface area (Å²) in [7, 11) is 0.201. The third-order valence-corrected chi connectivity index (χ3v) is 5.78. The van der Waals surface area contributed by atoms with Crippen molar-refractivity contribution in [3.63, 3.8) is 0 Å². The predicted molar refractivity (Wildman–Crippen MR) is 103 cm³/mol. The van der Waals surface area contributed by atoms with Crippen LogP contribution in [0.25, 0.3) is 10.9 Å². The first-order chi connectivity index (χ1) is 12.4. The van der Waals surface area contributed by atoms with Gasteiger partial charge in [0.25, 0.3) is 0 Å². The molecule has 0 bridgehead atoms. The number of benzene rings is 2. The number of hydrogen-bond donors (Lipinski definition) is 2. The van der Waals surface area contributed by atoms with Crippen molar-refractivity contribution in [3.05, 3.63) is 60.0 Å². The van der Waals surface area contributed by atoms with Gasteiger partial charge in [-0.15, -0.1) is 0 Å². The van der Waals surface area contributed by atoms with Gasteiger partial charge in [0.1, 0.15) is 10.7 Å². The average Bonchev–Trinajstić information content (AvgIpc) is 3.06. The summed E-state index contributed by atoms with van der Waals surface area (Å²) in [6.45, 7) is 0.291. The van der Waals surface area contributed by atoms with E-state index in [0.29, 0.717) is 18.5 Å². The maximum absolute atomic E-state index is 14.0. The lowest BCUT2D eigenvalue weighted by molar-refractivity contribution is 0.578. The number of aromatic nitrogens is 1. The van der Waals surface area contributed by atoms with E-state index < -0.39 is 15.8 Å². The molecule has 0 saturated carbocycles. The lowest BCUT2D eigenvalue weighted by atomic mass is 10.1. The van der Waals surface area contributed by atoms with Crippen molar-refractivity contribution in [3.8, 4) is 0 Å². The second kappa shape index (κ2) is 7.47. The average molecular weight is 375 g/mol. The molecule has 0 fully saturated rings. The molecule has 3 aromatic rings. The highest BCUT2D eigenvalue weighted by atomic mass is 32.2. The van der Waals surface area contributed by atoms with E-state index in [1.54, 1.807) is 12.1 Å². The molecule has 1 heterocycles. The number of halogens is 1. The van der Waals surface area contributed by atoms with E-state index in [0.717, 1.165) is 17.7 Å². The highest BCUT2D eigenvalue weighted by Crippen LogP contribution is 2.25. The molecule has 1 aromatic heterocycles. The normalized spacial score (nSPS) is 11.8. The third kappa shape index (κ3) is 3.89. The Hall–Kier alpha value is -2.38. The Morgan fingerprint density at radius 2 is 1.85 bits per heavy atom. The van der Waals surface area contributed by atoms with E-state index in [1.807, 2.05) is 43.3 Å². The van der Waals surface area contributed by atoms with Crippen LogP contribution in [0.15, 0.2) is 53.6 Å². The summed E-state index contributed by atoms with van der Waals surface area (Å²) in [5.41, 5.74) is 2.73. The van der Waals surface area contributed by atoms with Gasteiger partial charge in [0, 0.05) is 38.0 Å². The second-order valence-electron chi connectivity index (χ2n) is 6.38. The van der Waals surface area contributed by atoms with Crippen molar-refractivity contribution in [1.82, 2.24) is 9.71 Å². The minimum absolute atomic E-state index is 0.0547. The third-order valence-electron chi connectivity index (χ3n) is 4.30. The van der Waals surface area contributed by atoms with Gasteiger partial charge in [-0.25, -0.2) is 17.5 Å². The van der Waals surface area contributed by atoms with Gasteiger partial charge in [0.2, 0.25) is 10.0 Å². The van der Waals surface area contributed by atoms with Gasteiger partial charge in [0.05, 0.1) is 5.39 Å². The van der Waals surface area contributed by atoms with E-state index in [9.17, 15) is 12.8 Å². The number of aryl methyl sites for hydroxylation is 1. The molecule has 7 heteroatoms. The number of fused-ring (bicyclic) bond motifs is 1. The minimum Gasteiger partial charge on any atom is -0.378 e. The molecule has 0 atom stereocenters. The van der Waals surface area contributed by atoms with E-state index in [2.05, 4.69) is 9.71 Å². The van der Waals surface area contributed by atoms with Crippen molar-refractivity contribution in [2.75, 3.05) is 25.5 Å². The molecule has 0 aliphatic heterocycles. The molecule has 0 radical (unpaired) electrons. The van der Waals surface area contributed by atoms with Gasteiger partial charge < -0.3 is 9.88 Å². The number of anilines is 1. The van der Waals surface area contributed by atoms with Crippen LogP contribution in [0, 0.1) is 5.82 Å². The van der Waals surface area contributed by atoms with Gasteiger partial charge >= 0.3 is 0 Å². The number of nitrogens with zero attached hydrogens (tertiary/aromatic N) is 1. The van der Waals surface area contributed by atoms with Gasteiger partial charge in [-0.3, -0.25) is 0 Å². The van der Waals surface area contributed by atoms with Crippen LogP contribution >= 0.6 is 0 Å². The van der Waals surface area contributed by atoms with Crippen LogP contribution in [-0.4, -0.2) is 34.0 Å². The number of hydrogen-bond acceptors (Lipinski definition) is 3. The zero-order valence-corrected chi connectivity index (χ0v) is 15.6. The molecule has 0 aliphatic carbocycles. The van der Waals surface area contributed by atoms with Crippen molar-refractivity contribution in [2.45, 2.75) is 17.7 Å². The molecule has 2 N–H and O–H groups in total. The quantitative estimate of drug-likeness (QED) is 0.623. The number of nitrogens with one attached hydrogen (secondary N) is 2. The molecular weight excluding hydrogens is 353 g/mol. The Morgan fingerprint density at radius 3 is 2.54 bits per heavy atom. The first-order valence-corrected chi connectivity index (χ1v) is 9.88. The van der Waals surface area contributed by atoms with Crippen molar-refractivity contribution in [2.24, 2.45) is 0 Å². The fraction of sp³-hybridized carbons (Fsp3) is 0.263. The molecular formula is C19H22FN3O2S. The van der Waals surface area contributed by atoms with E-state index >= 15 is 0 Å². The van der Waals surface area contributed by atoms with E-state index in [4.69, 9.17) is 0 Å². The largest absolute Gasteiger partial charge is 0.378 e. The first-order valence-electron chi connectivity index (χ1n) is 8.40. The van der Waals surface area contributed by atoms with Gasteiger partial charge in [0.15, 0.2) is 0 Å². The summed E-state index contributed by atoms with van der Waals surface area (Å²) < 4.78 is 41.5. The van der Waals surface area contributed by atoms with Crippen molar-refractivity contribution in [1.29, 1.82) is 0 Å². The van der Waals surface area contributed by atoms with Crippen LogP contribution in [0.2, 0.25) is 0 Å². The predicted octanol–water partition coefficient (Wildman–Crippen LogP) is 3.28. The molecule has 2 aromatic carbocycles. The van der Waals surface area contributed by atoms with E-state index in [1.165, 1.54) is 12.3 Å². The SMILES string of the molecule is CN(C)c1ccc(CCCNS(=O)(=O)c2c[nH]c3cccc(F)c23)cc1. The van der Waals surface area contributed by atoms with Crippen LogP contribution < -0.4 is 9.62 Å². The monoisotopic (exact) mass is 375 g/mol. The first kappa shape index (κ1) is 18.4. The summed E-state index contributed by atoms with van der Waals surface area (Å²) in [5.74, 6) is -0.551. The van der Waals surface area contributed by atoms with Crippen LogP contribution in [-0.2, 0) is 16.4 Å². The minimum atomic E-state index is -3.77. The Kier molecular flexibility index (Phi) is 5.29. The molecule has 0 unspecified atom stereocenters. The summed E-state index contributed by atoms with van der Waals surface area (Å²) in [6, 6.07) is 12.6. The topological polar surface area (TPSA) is 65.2 Å². The number of aromatic amines is 1. The zero-order valence-electron chi connectivity index (χ0n) is 14.8. The summed E-state index contributed by atoms with van der Waals surface area (Å²) in [6.07, 6.45) is 2.75. The maximum Gasteiger partial charge on any atom is 0.242 e. The highest BCUT2D eigenvalue weighted by Gasteiger charge is 2.20. The van der Waals surface area contributed by atoms with E-state index in [-0.39, 0.29) is 10.3 Å². The van der Waals surface area contributed by atoms with Crippen molar-refractivity contribution >= 4 is 26.6 Å². The Bertz CT molecular complexity index is 995. The van der Waals surface area contributed by atoms with Crippen LogP contribution in [0.5, 0.6) is 0 Å². The lowest BCUT2D eigenvalue weighted by Crippen LogP contribution is -2.25. The highest BCUT2D eigenvalue weighted by molar-refractivity contribution is 7.89. The molecule has 5 nitrogen and oxygen atoms in total. The zero-order chi connectivity index (χ0) is 18.7. The number of H-pyrrole nitrogens is 1. The summed E-state index contributed by atoms with van der Waals surface area (Å²) in [5, 5.41) is 0.0966. The van der Waals surface area contributed by atoms with Crippen LogP contribution in [0.1, 0.15) is 12.0 Å². The van der Waals surface area contributed by atoms with Crippen LogP contribution in [0.4, 0.5) is 10.1 Å². The Morgan fingerprint density at radius 1 is 1.12 bits per heavy atom. The second-order valence-corrected chi connectivity index (χ2v) is 8.11. The molecule has 26 heavy (non-hydrogen) atoms. The van der Waals surface area contributed by atoms with Crippen LogP contribution in [0.3, 0.4) is 0 Å². The molecule has 0 spiro atoms. The number of sulfonamides is 1.